The van der Waals surface area contributed by atoms with Crippen molar-refractivity contribution in [2.75, 3.05) is 13.7 Å². The van der Waals surface area contributed by atoms with E-state index in [1.165, 1.54) is 37.4 Å². The molecule has 0 aromatic heterocycles. The van der Waals surface area contributed by atoms with E-state index < -0.39 is 30.1 Å². The van der Waals surface area contributed by atoms with Crippen LogP contribution in [0.2, 0.25) is 0 Å². The van der Waals surface area contributed by atoms with Crippen molar-refractivity contribution in [1.82, 2.24) is 10.2 Å². The van der Waals surface area contributed by atoms with Crippen LogP contribution < -0.4 is 5.32 Å². The minimum absolute atomic E-state index is 0.0949. The minimum Gasteiger partial charge on any atom is -0.391 e. The Balaban J connectivity index is 2.35. The lowest BCUT2D eigenvalue weighted by atomic mass is 10.00. The molecule has 2 rings (SSSR count). The van der Waals surface area contributed by atoms with Crippen molar-refractivity contribution in [3.8, 4) is 0 Å². The number of nitrogens with zero attached hydrogens (tertiary/aromatic N) is 2. The highest BCUT2D eigenvalue weighted by molar-refractivity contribution is 5.88. The van der Waals surface area contributed by atoms with E-state index in [-0.39, 0.29) is 12.6 Å². The molecule has 1 fully saturated rings. The van der Waals surface area contributed by atoms with Crippen molar-refractivity contribution in [3.05, 3.63) is 12.3 Å². The Kier molecular flexibility index (Phi) is 4.09. The summed E-state index contributed by atoms with van der Waals surface area (Å²) in [6.45, 7) is 1.56. The molecule has 2 aliphatic heterocycles. The zero-order valence-electron chi connectivity index (χ0n) is 11.3. The van der Waals surface area contributed by atoms with Gasteiger partial charge in [0.15, 0.2) is 0 Å². The molecule has 0 aliphatic carbocycles. The van der Waals surface area contributed by atoms with Gasteiger partial charge in [-0.05, 0) is 6.92 Å². The van der Waals surface area contributed by atoms with E-state index >= 15 is 0 Å². The molecule has 112 valence electrons. The lowest BCUT2D eigenvalue weighted by Gasteiger charge is -2.40. The Bertz CT molecular complexity index is 439. The van der Waals surface area contributed by atoms with E-state index in [1.807, 2.05) is 0 Å². The highest BCUT2D eigenvalue weighted by Crippen LogP contribution is 2.35. The summed E-state index contributed by atoms with van der Waals surface area (Å²) in [5.41, 5.74) is -1.43. The van der Waals surface area contributed by atoms with Crippen LogP contribution in [-0.2, 0) is 9.53 Å². The van der Waals surface area contributed by atoms with Crippen molar-refractivity contribution in [2.24, 2.45) is 4.99 Å². The van der Waals surface area contributed by atoms with Gasteiger partial charge in [0.05, 0.1) is 19.0 Å². The molecule has 8 heteroatoms. The van der Waals surface area contributed by atoms with Crippen molar-refractivity contribution < 1.29 is 24.9 Å². The largest absolute Gasteiger partial charge is 0.391 e. The number of nitrogens with one attached hydrogen (secondary N) is 1. The molecule has 0 bridgehead atoms. The molecule has 1 saturated heterocycles. The van der Waals surface area contributed by atoms with Crippen molar-refractivity contribution in [3.63, 3.8) is 0 Å². The predicted octanol–water partition coefficient (Wildman–Crippen LogP) is -2.21. The minimum atomic E-state index is -1.43. The average Bonchev–Trinajstić information content (AvgIpc) is 2.66. The number of hydrogen-bond acceptors (Lipinski definition) is 7. The lowest BCUT2D eigenvalue weighted by molar-refractivity contribution is -0.140. The van der Waals surface area contributed by atoms with Gasteiger partial charge in [-0.15, -0.1) is 0 Å². The fourth-order valence-electron chi connectivity index (χ4n) is 2.44. The van der Waals surface area contributed by atoms with Crippen LogP contribution in [0.15, 0.2) is 17.3 Å². The van der Waals surface area contributed by atoms with Gasteiger partial charge in [0, 0.05) is 19.3 Å². The molecule has 20 heavy (non-hydrogen) atoms. The summed E-state index contributed by atoms with van der Waals surface area (Å²) in [5, 5.41) is 32.6. The molecule has 1 amide bonds. The monoisotopic (exact) mass is 285 g/mol. The average molecular weight is 285 g/mol. The van der Waals surface area contributed by atoms with Gasteiger partial charge in [0.2, 0.25) is 11.6 Å². The predicted molar refractivity (Wildman–Crippen MR) is 69.7 cm³/mol. The number of aliphatic hydroxyl groups is 3. The molecule has 0 aromatic carbocycles. The van der Waals surface area contributed by atoms with E-state index in [9.17, 15) is 20.1 Å². The fraction of sp³-hybridized carbons (Fsp3) is 0.667. The molecule has 4 N–H and O–H groups in total. The van der Waals surface area contributed by atoms with Gasteiger partial charge in [-0.2, -0.15) is 0 Å². The summed E-state index contributed by atoms with van der Waals surface area (Å²) >= 11 is 0. The first-order chi connectivity index (χ1) is 9.42. The third kappa shape index (κ3) is 2.31. The van der Waals surface area contributed by atoms with Crippen LogP contribution in [0.5, 0.6) is 0 Å². The third-order valence-electron chi connectivity index (χ3n) is 3.48. The fourth-order valence-corrected chi connectivity index (χ4v) is 2.44. The van der Waals surface area contributed by atoms with E-state index in [0.29, 0.717) is 0 Å². The number of carbonyl (C=O) groups excluding carboxylic acids is 1. The van der Waals surface area contributed by atoms with Crippen molar-refractivity contribution in [2.45, 2.75) is 37.1 Å². The molecule has 5 atom stereocenters. The normalized spacial score (nSPS) is 39.4. The molecule has 0 unspecified atom stereocenters. The first-order valence-corrected chi connectivity index (χ1v) is 6.30. The summed E-state index contributed by atoms with van der Waals surface area (Å²) in [6, 6.07) is 0. The van der Waals surface area contributed by atoms with Crippen LogP contribution in [0.25, 0.3) is 0 Å². The number of rotatable bonds is 3. The highest BCUT2D eigenvalue weighted by atomic mass is 16.6. The summed E-state index contributed by atoms with van der Waals surface area (Å²) in [7, 11) is 1.51. The van der Waals surface area contributed by atoms with Crippen LogP contribution in [0.1, 0.15) is 6.92 Å². The van der Waals surface area contributed by atoms with Crippen LogP contribution in [0, 0.1) is 0 Å². The zero-order chi connectivity index (χ0) is 14.9. The number of amides is 1. The quantitative estimate of drug-likeness (QED) is 0.437. The Morgan fingerprint density at radius 3 is 2.80 bits per heavy atom. The molecular weight excluding hydrogens is 266 g/mol. The second-order valence-electron chi connectivity index (χ2n) is 4.88. The van der Waals surface area contributed by atoms with Crippen molar-refractivity contribution in [1.29, 1.82) is 0 Å². The molecule has 0 aromatic rings. The molecule has 2 aliphatic rings. The second kappa shape index (κ2) is 5.49. The lowest BCUT2D eigenvalue weighted by Crippen LogP contribution is -2.59. The van der Waals surface area contributed by atoms with Gasteiger partial charge in [-0.3, -0.25) is 9.79 Å². The third-order valence-corrected chi connectivity index (χ3v) is 3.48. The maximum Gasteiger partial charge on any atom is 0.246 e. The molecule has 2 heterocycles. The first-order valence-electron chi connectivity index (χ1n) is 6.30. The molecular formula is C12H19N3O5. The van der Waals surface area contributed by atoms with Crippen LogP contribution in [0.4, 0.5) is 0 Å². The maximum absolute atomic E-state index is 11.2. The first kappa shape index (κ1) is 14.9. The van der Waals surface area contributed by atoms with Gasteiger partial charge in [-0.25, -0.2) is 0 Å². The Morgan fingerprint density at radius 2 is 2.35 bits per heavy atom. The summed E-state index contributed by atoms with van der Waals surface area (Å²) in [6.07, 6.45) is -0.396. The standard InChI is InChI=1S/C12H19N3O5/c1-7(16)10-9(18)11(19)12(20-10,5-13-2)15-4-3-8(17)14-6-15/h3-5,7,9-11,16,18-19H,6H2,1-2H3,(H,14,17)/t7-,9-,10-,11+,12-/m1/s1. The van der Waals surface area contributed by atoms with E-state index in [0.717, 1.165) is 0 Å². The molecule has 0 spiro atoms. The number of carbonyl (C=O) groups is 1. The van der Waals surface area contributed by atoms with Gasteiger partial charge < -0.3 is 30.3 Å². The SMILES string of the molecule is CN=C[C@@]1(N2C=CC(=O)NC2)O[C@H]([C@@H](C)O)[C@@H](O)[C@@H]1O. The highest BCUT2D eigenvalue weighted by Gasteiger charge is 2.57. The van der Waals surface area contributed by atoms with Crippen LogP contribution >= 0.6 is 0 Å². The summed E-state index contributed by atoms with van der Waals surface area (Å²) < 4.78 is 5.67. The zero-order valence-corrected chi connectivity index (χ0v) is 11.3. The Labute approximate surface area is 116 Å². The summed E-state index contributed by atoms with van der Waals surface area (Å²) in [4.78, 5) is 16.5. The topological polar surface area (TPSA) is 115 Å². The van der Waals surface area contributed by atoms with Gasteiger partial charge in [-0.1, -0.05) is 0 Å². The van der Waals surface area contributed by atoms with Gasteiger partial charge in [0.25, 0.3) is 0 Å². The number of ether oxygens (including phenoxy) is 1. The maximum atomic E-state index is 11.2. The molecule has 0 radical (unpaired) electrons. The van der Waals surface area contributed by atoms with E-state index in [4.69, 9.17) is 4.74 Å². The van der Waals surface area contributed by atoms with Gasteiger partial charge >= 0.3 is 0 Å². The Morgan fingerprint density at radius 1 is 1.65 bits per heavy atom. The Hall–Kier alpha value is -1.48. The van der Waals surface area contributed by atoms with E-state index in [2.05, 4.69) is 10.3 Å². The smallest absolute Gasteiger partial charge is 0.246 e. The number of aliphatic hydroxyl groups excluding tert-OH is 3. The molecule has 8 nitrogen and oxygen atoms in total. The van der Waals surface area contributed by atoms with Crippen LogP contribution in [-0.4, -0.2) is 76.2 Å². The second-order valence-corrected chi connectivity index (χ2v) is 4.88. The van der Waals surface area contributed by atoms with Crippen LogP contribution in [0.3, 0.4) is 0 Å². The van der Waals surface area contributed by atoms with Gasteiger partial charge in [0.1, 0.15) is 18.3 Å². The number of aliphatic imine (C=N–C) groups is 1. The number of hydrogen-bond donors (Lipinski definition) is 4. The van der Waals surface area contributed by atoms with E-state index in [1.54, 1.807) is 0 Å². The molecule has 0 saturated carbocycles. The summed E-state index contributed by atoms with van der Waals surface area (Å²) in [5.74, 6) is -0.259. The van der Waals surface area contributed by atoms with Crippen molar-refractivity contribution >= 4 is 12.1 Å².